The Kier molecular flexibility index (Phi) is 7.63. The average molecular weight is 187 g/mol. The third kappa shape index (κ3) is 9.30. The van der Waals surface area contributed by atoms with E-state index in [2.05, 4.69) is 11.8 Å². The van der Waals surface area contributed by atoms with Crippen molar-refractivity contribution in [2.24, 2.45) is 5.73 Å². The maximum Gasteiger partial charge on any atom is 0.0918 e. The van der Waals surface area contributed by atoms with E-state index < -0.39 is 0 Å². The van der Waals surface area contributed by atoms with Gasteiger partial charge in [-0.3, -0.25) is 5.41 Å². The molecule has 13 heavy (non-hydrogen) atoms. The molecular formula is C9H21N3O. The van der Waals surface area contributed by atoms with Gasteiger partial charge in [-0.05, 0) is 13.5 Å². The van der Waals surface area contributed by atoms with E-state index in [0.29, 0.717) is 6.42 Å². The zero-order chi connectivity index (χ0) is 10.1. The molecule has 0 rings (SSSR count). The van der Waals surface area contributed by atoms with Crippen molar-refractivity contribution < 1.29 is 4.74 Å². The van der Waals surface area contributed by atoms with Crippen molar-refractivity contribution in [1.82, 2.24) is 4.90 Å². The Balaban J connectivity index is 3.19. The number of rotatable bonds is 8. The Hall–Kier alpha value is -0.610. The first-order chi connectivity index (χ1) is 6.16. The maximum atomic E-state index is 7.05. The zero-order valence-corrected chi connectivity index (χ0v) is 8.68. The number of ether oxygens (including phenoxy) is 1. The van der Waals surface area contributed by atoms with E-state index in [9.17, 15) is 0 Å². The zero-order valence-electron chi connectivity index (χ0n) is 8.68. The number of likely N-dealkylation sites (N-methyl/N-ethyl adjacent to an activating group) is 1. The van der Waals surface area contributed by atoms with Crippen LogP contribution in [0.2, 0.25) is 0 Å². The van der Waals surface area contributed by atoms with E-state index >= 15 is 0 Å². The van der Waals surface area contributed by atoms with Gasteiger partial charge in [0.05, 0.1) is 12.4 Å². The minimum atomic E-state index is 0.251. The van der Waals surface area contributed by atoms with E-state index in [0.717, 1.165) is 32.7 Å². The number of hydrogen-bond donors (Lipinski definition) is 2. The lowest BCUT2D eigenvalue weighted by Crippen LogP contribution is -2.27. The van der Waals surface area contributed by atoms with E-state index in [1.807, 2.05) is 7.05 Å². The Bertz CT molecular complexity index is 139. The van der Waals surface area contributed by atoms with Gasteiger partial charge in [-0.25, -0.2) is 0 Å². The predicted molar refractivity (Wildman–Crippen MR) is 55.1 cm³/mol. The smallest absolute Gasteiger partial charge is 0.0918 e. The summed E-state index contributed by atoms with van der Waals surface area (Å²) in [6, 6.07) is 0. The van der Waals surface area contributed by atoms with Crippen molar-refractivity contribution in [2.45, 2.75) is 19.8 Å². The number of nitrogens with two attached hydrogens (primary N) is 1. The number of amidine groups is 1. The molecule has 0 bridgehead atoms. The van der Waals surface area contributed by atoms with Crippen LogP contribution in [0.1, 0.15) is 19.8 Å². The fourth-order valence-electron chi connectivity index (χ4n) is 0.890. The molecule has 0 aliphatic rings. The van der Waals surface area contributed by atoms with Crippen LogP contribution < -0.4 is 5.73 Å². The molecule has 0 fully saturated rings. The first-order valence-corrected chi connectivity index (χ1v) is 4.76. The van der Waals surface area contributed by atoms with Crippen molar-refractivity contribution in [3.63, 3.8) is 0 Å². The first-order valence-electron chi connectivity index (χ1n) is 4.76. The molecule has 0 atom stereocenters. The fraction of sp³-hybridized carbons (Fsp3) is 0.889. The normalized spacial score (nSPS) is 10.7. The summed E-state index contributed by atoms with van der Waals surface area (Å²) in [5, 5.41) is 7.05. The van der Waals surface area contributed by atoms with Gasteiger partial charge in [-0.1, -0.05) is 6.92 Å². The summed E-state index contributed by atoms with van der Waals surface area (Å²) >= 11 is 0. The second-order valence-corrected chi connectivity index (χ2v) is 3.19. The largest absolute Gasteiger partial charge is 0.388 e. The highest BCUT2D eigenvalue weighted by molar-refractivity contribution is 5.76. The lowest BCUT2D eigenvalue weighted by Gasteiger charge is -2.15. The summed E-state index contributed by atoms with van der Waals surface area (Å²) in [5.74, 6) is 0.251. The number of hydrogen-bond acceptors (Lipinski definition) is 3. The summed E-state index contributed by atoms with van der Waals surface area (Å²) in [6.07, 6.45) is 1.71. The van der Waals surface area contributed by atoms with E-state index in [-0.39, 0.29) is 5.84 Å². The van der Waals surface area contributed by atoms with Crippen molar-refractivity contribution in [3.05, 3.63) is 0 Å². The minimum Gasteiger partial charge on any atom is -0.388 e. The summed E-state index contributed by atoms with van der Waals surface area (Å²) in [4.78, 5) is 2.12. The van der Waals surface area contributed by atoms with Gasteiger partial charge in [-0.2, -0.15) is 0 Å². The monoisotopic (exact) mass is 187 g/mol. The summed E-state index contributed by atoms with van der Waals surface area (Å²) in [6.45, 7) is 5.44. The third-order valence-corrected chi connectivity index (χ3v) is 1.73. The van der Waals surface area contributed by atoms with Crippen LogP contribution in [0, 0.1) is 5.41 Å². The highest BCUT2D eigenvalue weighted by Crippen LogP contribution is 1.88. The lowest BCUT2D eigenvalue weighted by molar-refractivity contribution is 0.113. The van der Waals surface area contributed by atoms with Crippen molar-refractivity contribution in [3.8, 4) is 0 Å². The summed E-state index contributed by atoms with van der Waals surface area (Å²) in [7, 11) is 2.01. The lowest BCUT2D eigenvalue weighted by atomic mass is 10.4. The minimum absolute atomic E-state index is 0.251. The molecule has 4 heteroatoms. The molecule has 0 heterocycles. The maximum absolute atomic E-state index is 7.05. The summed E-state index contributed by atoms with van der Waals surface area (Å²) in [5.41, 5.74) is 5.24. The number of nitrogens with one attached hydrogen (secondary N) is 1. The Morgan fingerprint density at radius 3 is 2.62 bits per heavy atom. The molecule has 0 saturated heterocycles. The van der Waals surface area contributed by atoms with Crippen LogP contribution in [-0.4, -0.2) is 44.1 Å². The third-order valence-electron chi connectivity index (χ3n) is 1.73. The van der Waals surface area contributed by atoms with Crippen molar-refractivity contribution >= 4 is 5.84 Å². The second kappa shape index (κ2) is 8.01. The molecule has 0 amide bonds. The molecule has 0 saturated carbocycles. The standard InChI is InChI=1S/C9H21N3O/c1-3-7-13-8-6-12(2)5-4-9(10)11/h3-8H2,1-2H3,(H3,10,11). The molecule has 0 aliphatic carbocycles. The Labute approximate surface area is 80.6 Å². The van der Waals surface area contributed by atoms with Gasteiger partial charge in [0.2, 0.25) is 0 Å². The Morgan fingerprint density at radius 2 is 2.08 bits per heavy atom. The van der Waals surface area contributed by atoms with E-state index in [4.69, 9.17) is 15.9 Å². The average Bonchev–Trinajstić information content (AvgIpc) is 2.09. The molecule has 0 aliphatic heterocycles. The molecule has 0 radical (unpaired) electrons. The van der Waals surface area contributed by atoms with Crippen LogP contribution >= 0.6 is 0 Å². The van der Waals surface area contributed by atoms with Gasteiger partial charge in [-0.15, -0.1) is 0 Å². The molecule has 0 spiro atoms. The molecule has 0 aromatic rings. The molecule has 0 aromatic carbocycles. The first kappa shape index (κ1) is 12.4. The van der Waals surface area contributed by atoms with Gasteiger partial charge in [0, 0.05) is 26.1 Å². The van der Waals surface area contributed by atoms with Gasteiger partial charge in [0.25, 0.3) is 0 Å². The van der Waals surface area contributed by atoms with Crippen LogP contribution in [0.25, 0.3) is 0 Å². The van der Waals surface area contributed by atoms with Crippen LogP contribution in [-0.2, 0) is 4.74 Å². The van der Waals surface area contributed by atoms with E-state index in [1.54, 1.807) is 0 Å². The molecule has 0 unspecified atom stereocenters. The SMILES string of the molecule is CCCOCCN(C)CCC(=N)N. The highest BCUT2D eigenvalue weighted by atomic mass is 16.5. The van der Waals surface area contributed by atoms with Crippen LogP contribution in [0.4, 0.5) is 0 Å². The topological polar surface area (TPSA) is 62.3 Å². The fourth-order valence-corrected chi connectivity index (χ4v) is 0.890. The predicted octanol–water partition coefficient (Wildman–Crippen LogP) is 0.671. The van der Waals surface area contributed by atoms with Crippen LogP contribution in [0.3, 0.4) is 0 Å². The number of nitrogens with zero attached hydrogens (tertiary/aromatic N) is 1. The van der Waals surface area contributed by atoms with Crippen molar-refractivity contribution in [1.29, 1.82) is 5.41 Å². The molecular weight excluding hydrogens is 166 g/mol. The van der Waals surface area contributed by atoms with Gasteiger partial charge >= 0.3 is 0 Å². The van der Waals surface area contributed by atoms with Gasteiger partial charge in [0.15, 0.2) is 0 Å². The summed E-state index contributed by atoms with van der Waals surface area (Å²) < 4.78 is 5.33. The van der Waals surface area contributed by atoms with Gasteiger partial charge in [0.1, 0.15) is 0 Å². The second-order valence-electron chi connectivity index (χ2n) is 3.19. The molecule has 3 N–H and O–H groups in total. The molecule has 0 aromatic heterocycles. The van der Waals surface area contributed by atoms with E-state index in [1.165, 1.54) is 0 Å². The van der Waals surface area contributed by atoms with Crippen molar-refractivity contribution in [2.75, 3.05) is 33.4 Å². The van der Waals surface area contributed by atoms with Crippen LogP contribution in [0.15, 0.2) is 0 Å². The highest BCUT2D eigenvalue weighted by Gasteiger charge is 1.98. The van der Waals surface area contributed by atoms with Gasteiger partial charge < -0.3 is 15.4 Å². The van der Waals surface area contributed by atoms with Crippen LogP contribution in [0.5, 0.6) is 0 Å². The Morgan fingerprint density at radius 1 is 1.38 bits per heavy atom. The molecule has 78 valence electrons. The molecule has 4 nitrogen and oxygen atoms in total. The quantitative estimate of drug-likeness (QED) is 0.333.